The van der Waals surface area contributed by atoms with E-state index in [9.17, 15) is 9.59 Å². The summed E-state index contributed by atoms with van der Waals surface area (Å²) < 4.78 is 0. The van der Waals surface area contributed by atoms with Gasteiger partial charge in [-0.05, 0) is 32.7 Å². The lowest BCUT2D eigenvalue weighted by atomic mass is 9.98. The molecule has 24 heavy (non-hydrogen) atoms. The Morgan fingerprint density at radius 1 is 1.25 bits per heavy atom. The second-order valence-electron chi connectivity index (χ2n) is 5.51. The van der Waals surface area contributed by atoms with Crippen LogP contribution in [0.4, 0.5) is 0 Å². The Kier molecular flexibility index (Phi) is 13.7. The van der Waals surface area contributed by atoms with Crippen LogP contribution in [-0.2, 0) is 9.59 Å². The van der Waals surface area contributed by atoms with Crippen molar-refractivity contribution >= 4 is 17.9 Å². The highest BCUT2D eigenvalue weighted by Gasteiger charge is 2.26. The van der Waals surface area contributed by atoms with Crippen molar-refractivity contribution in [3.05, 3.63) is 0 Å². The van der Waals surface area contributed by atoms with Crippen molar-refractivity contribution in [3.8, 4) is 0 Å². The molecule has 0 rings (SSSR count). The quantitative estimate of drug-likeness (QED) is 0.134. The molecule has 142 valence electrons. The first-order valence-electron chi connectivity index (χ1n) is 7.73. The number of guanidine groups is 1. The summed E-state index contributed by atoms with van der Waals surface area (Å²) >= 11 is 0. The number of carbonyl (C=O) groups is 2. The molecule has 0 saturated carbocycles. The first-order valence-corrected chi connectivity index (χ1v) is 7.73. The highest BCUT2D eigenvalue weighted by Crippen LogP contribution is 2.08. The number of hydrogen-bond donors (Lipinski definition) is 7. The molecule has 10 nitrogen and oxygen atoms in total. The summed E-state index contributed by atoms with van der Waals surface area (Å²) in [4.78, 5) is 24.6. The van der Waals surface area contributed by atoms with E-state index in [-0.39, 0.29) is 12.6 Å². The smallest absolute Gasteiger partial charge is 0.323 e. The van der Waals surface area contributed by atoms with E-state index in [1.807, 2.05) is 6.92 Å². The molecule has 0 fully saturated rings. The molecule has 0 heterocycles. The predicted molar refractivity (Wildman–Crippen MR) is 91.6 cm³/mol. The van der Waals surface area contributed by atoms with Crippen LogP contribution in [0.5, 0.6) is 0 Å². The number of carboxylic acids is 2. The predicted octanol–water partition coefficient (Wildman–Crippen LogP) is -1.34. The van der Waals surface area contributed by atoms with Crippen LogP contribution in [-0.4, -0.2) is 64.5 Å². The van der Waals surface area contributed by atoms with Gasteiger partial charge in [-0.2, -0.15) is 0 Å². The minimum atomic E-state index is -1.20. The van der Waals surface area contributed by atoms with Gasteiger partial charge in [-0.25, -0.2) is 0 Å². The highest BCUT2D eigenvalue weighted by molar-refractivity contribution is 5.77. The third-order valence-corrected chi connectivity index (χ3v) is 3.04. The number of unbranched alkanes of at least 4 members (excludes halogenated alkanes) is 1. The number of rotatable bonds is 11. The van der Waals surface area contributed by atoms with E-state index in [1.165, 1.54) is 6.92 Å². The topological polar surface area (TPSA) is 197 Å². The molecule has 2 atom stereocenters. The highest BCUT2D eigenvalue weighted by atomic mass is 16.4. The molecule has 0 aromatic heterocycles. The maximum absolute atomic E-state index is 10.5. The molecule has 0 aliphatic rings. The van der Waals surface area contributed by atoms with Gasteiger partial charge in [-0.3, -0.25) is 14.6 Å². The van der Waals surface area contributed by atoms with Crippen LogP contribution < -0.4 is 22.5 Å². The van der Waals surface area contributed by atoms with Gasteiger partial charge in [-0.1, -0.05) is 13.3 Å². The second-order valence-corrected chi connectivity index (χ2v) is 5.51. The third-order valence-electron chi connectivity index (χ3n) is 3.04. The minimum absolute atomic E-state index is 0.00838. The largest absolute Gasteiger partial charge is 0.480 e. The van der Waals surface area contributed by atoms with Crippen molar-refractivity contribution in [1.29, 1.82) is 0 Å². The van der Waals surface area contributed by atoms with Crippen LogP contribution in [0.3, 0.4) is 0 Å². The Bertz CT molecular complexity index is 397. The van der Waals surface area contributed by atoms with Crippen molar-refractivity contribution in [3.63, 3.8) is 0 Å². The summed E-state index contributed by atoms with van der Waals surface area (Å²) in [6.45, 7) is 4.19. The van der Waals surface area contributed by atoms with E-state index >= 15 is 0 Å². The van der Waals surface area contributed by atoms with Gasteiger partial charge in [0.2, 0.25) is 0 Å². The van der Waals surface area contributed by atoms with Crippen LogP contribution in [0.2, 0.25) is 0 Å². The van der Waals surface area contributed by atoms with Crippen molar-refractivity contribution in [2.24, 2.45) is 22.2 Å². The number of hydrogen-bond acceptors (Lipinski definition) is 6. The summed E-state index contributed by atoms with van der Waals surface area (Å²) in [5.41, 5.74) is 14.4. The van der Waals surface area contributed by atoms with E-state index in [0.29, 0.717) is 25.9 Å². The Labute approximate surface area is 142 Å². The van der Waals surface area contributed by atoms with Gasteiger partial charge >= 0.3 is 11.9 Å². The van der Waals surface area contributed by atoms with Gasteiger partial charge < -0.3 is 37.8 Å². The fraction of sp³-hybridized carbons (Fsp3) is 0.786. The summed E-state index contributed by atoms with van der Waals surface area (Å²) in [6.07, 6.45) is 2.85. The Balaban J connectivity index is 0. The molecule has 0 amide bonds. The molecule has 0 radical (unpaired) electrons. The number of nitrogens with two attached hydrogens (primary N) is 3. The molecule has 0 aliphatic heterocycles. The van der Waals surface area contributed by atoms with E-state index in [1.54, 1.807) is 0 Å². The summed E-state index contributed by atoms with van der Waals surface area (Å²) in [5.74, 6) is -2.00. The standard InChI is InChI=1S/C7H16N4O2.C7H15NO3/c1-7(10,5(12)13)3-2-4-11-6(8)9;1-2-3-4-8-6(5-9)7(10)11/h2-4,10H2,1H3,(H,12,13)(H4,8,9,11);6,8-9H,2-5H2,1H3,(H,10,11). The Morgan fingerprint density at radius 3 is 2.21 bits per heavy atom. The average molecular weight is 349 g/mol. The van der Waals surface area contributed by atoms with Crippen molar-refractivity contribution in [2.45, 2.75) is 51.1 Å². The fourth-order valence-corrected chi connectivity index (χ4v) is 1.44. The number of carboxylic acid groups (broad SMARTS) is 2. The number of nitrogens with zero attached hydrogens (tertiary/aromatic N) is 1. The summed E-state index contributed by atoms with van der Waals surface area (Å²) in [6, 6.07) is -0.804. The normalized spacial score (nSPS) is 13.8. The lowest BCUT2D eigenvalue weighted by molar-refractivity contribution is -0.143. The molecule has 0 aromatic carbocycles. The van der Waals surface area contributed by atoms with Crippen LogP contribution in [0.1, 0.15) is 39.5 Å². The van der Waals surface area contributed by atoms with Crippen LogP contribution >= 0.6 is 0 Å². The number of aliphatic hydroxyl groups is 1. The molecular weight excluding hydrogens is 318 g/mol. The molecule has 0 saturated heterocycles. The van der Waals surface area contributed by atoms with E-state index in [4.69, 9.17) is 32.5 Å². The maximum Gasteiger partial charge on any atom is 0.323 e. The Hall–Kier alpha value is -1.91. The average Bonchev–Trinajstić information content (AvgIpc) is 2.48. The Morgan fingerprint density at radius 2 is 1.83 bits per heavy atom. The second kappa shape index (κ2) is 13.5. The van der Waals surface area contributed by atoms with Crippen LogP contribution in [0.25, 0.3) is 0 Å². The van der Waals surface area contributed by atoms with Crippen molar-refractivity contribution < 1.29 is 24.9 Å². The molecule has 0 aromatic rings. The van der Waals surface area contributed by atoms with Gasteiger partial charge in [0.1, 0.15) is 11.6 Å². The zero-order valence-corrected chi connectivity index (χ0v) is 14.4. The monoisotopic (exact) mass is 349 g/mol. The maximum atomic E-state index is 10.5. The molecular formula is C14H31N5O5. The minimum Gasteiger partial charge on any atom is -0.480 e. The van der Waals surface area contributed by atoms with Gasteiger partial charge in [0.25, 0.3) is 0 Å². The SMILES string of the molecule is CC(N)(CCCN=C(N)N)C(=O)O.CCCCNC(CO)C(=O)O. The third kappa shape index (κ3) is 13.7. The molecule has 10 N–H and O–H groups in total. The number of aliphatic carboxylic acids is 2. The van der Waals surface area contributed by atoms with Crippen molar-refractivity contribution in [1.82, 2.24) is 5.32 Å². The van der Waals surface area contributed by atoms with Gasteiger partial charge in [0.15, 0.2) is 5.96 Å². The molecule has 10 heteroatoms. The van der Waals surface area contributed by atoms with E-state index in [2.05, 4.69) is 10.3 Å². The molecule has 0 spiro atoms. The summed E-state index contributed by atoms with van der Waals surface area (Å²) in [5, 5.41) is 28.4. The van der Waals surface area contributed by atoms with Crippen LogP contribution in [0, 0.1) is 0 Å². The van der Waals surface area contributed by atoms with Gasteiger partial charge in [0.05, 0.1) is 6.61 Å². The molecule has 0 bridgehead atoms. The van der Waals surface area contributed by atoms with Crippen molar-refractivity contribution in [2.75, 3.05) is 19.7 Å². The van der Waals surface area contributed by atoms with Gasteiger partial charge in [-0.15, -0.1) is 0 Å². The zero-order chi connectivity index (χ0) is 19.2. The first-order chi connectivity index (χ1) is 11.1. The van der Waals surface area contributed by atoms with Gasteiger partial charge in [0, 0.05) is 6.54 Å². The lowest BCUT2D eigenvalue weighted by Crippen LogP contribution is -2.44. The molecule has 0 aliphatic carbocycles. The number of aliphatic hydroxyl groups excluding tert-OH is 1. The lowest BCUT2D eigenvalue weighted by Gasteiger charge is -2.17. The van der Waals surface area contributed by atoms with Crippen LogP contribution in [0.15, 0.2) is 4.99 Å². The molecule has 2 unspecified atom stereocenters. The fourth-order valence-electron chi connectivity index (χ4n) is 1.44. The van der Waals surface area contributed by atoms with E-state index < -0.39 is 23.5 Å². The summed E-state index contributed by atoms with van der Waals surface area (Å²) in [7, 11) is 0. The zero-order valence-electron chi connectivity index (χ0n) is 14.4. The first kappa shape index (κ1) is 24.3. The number of nitrogens with one attached hydrogen (secondary N) is 1. The van der Waals surface area contributed by atoms with E-state index in [0.717, 1.165) is 12.8 Å². The number of aliphatic imine (C=N–C) groups is 1.